The standard InChI is InChI=1S/C17H22F2O/c1-12(2)14-6-10-16(11-7-14)20-17(18,19)15-8-4-13(3)5-9-15/h6-7,10-11,13,15H,1,4-5,8-9H2,2-3H3. The first kappa shape index (κ1) is 15.0. The minimum Gasteiger partial charge on any atom is -0.432 e. The average molecular weight is 280 g/mol. The number of allylic oxidation sites excluding steroid dienone is 1. The molecule has 1 saturated carbocycles. The second-order valence-corrected chi connectivity index (χ2v) is 5.93. The number of ether oxygens (including phenoxy) is 1. The molecule has 0 bridgehead atoms. The first-order valence-corrected chi connectivity index (χ1v) is 7.21. The number of hydrogen-bond donors (Lipinski definition) is 0. The Labute approximate surface area is 119 Å². The Hall–Kier alpha value is -1.38. The summed E-state index contributed by atoms with van der Waals surface area (Å²) in [7, 11) is 0. The number of rotatable bonds is 4. The van der Waals surface area contributed by atoms with E-state index in [9.17, 15) is 8.78 Å². The van der Waals surface area contributed by atoms with Crippen LogP contribution in [-0.2, 0) is 0 Å². The summed E-state index contributed by atoms with van der Waals surface area (Å²) in [6.07, 6.45) is -0.280. The van der Waals surface area contributed by atoms with Gasteiger partial charge in [-0.3, -0.25) is 0 Å². The van der Waals surface area contributed by atoms with E-state index in [0.717, 1.165) is 24.0 Å². The van der Waals surface area contributed by atoms with Crippen LogP contribution in [-0.4, -0.2) is 6.11 Å². The zero-order chi connectivity index (χ0) is 14.8. The second-order valence-electron chi connectivity index (χ2n) is 5.93. The lowest BCUT2D eigenvalue weighted by Crippen LogP contribution is -2.36. The van der Waals surface area contributed by atoms with Crippen molar-refractivity contribution in [3.63, 3.8) is 0 Å². The summed E-state index contributed by atoms with van der Waals surface area (Å²) in [6, 6.07) is 6.69. The molecular weight excluding hydrogens is 258 g/mol. The predicted octanol–water partition coefficient (Wildman–Crippen LogP) is 5.52. The number of hydrogen-bond acceptors (Lipinski definition) is 1. The van der Waals surface area contributed by atoms with Crippen molar-refractivity contribution in [1.82, 2.24) is 0 Å². The fourth-order valence-electron chi connectivity index (χ4n) is 2.64. The molecule has 1 aliphatic carbocycles. The van der Waals surface area contributed by atoms with E-state index in [1.54, 1.807) is 24.3 Å². The van der Waals surface area contributed by atoms with E-state index in [4.69, 9.17) is 4.74 Å². The van der Waals surface area contributed by atoms with Gasteiger partial charge in [-0.05, 0) is 43.4 Å². The van der Waals surface area contributed by atoms with Gasteiger partial charge in [-0.25, -0.2) is 0 Å². The van der Waals surface area contributed by atoms with Crippen molar-refractivity contribution in [2.75, 3.05) is 0 Å². The third-order valence-electron chi connectivity index (χ3n) is 4.09. The molecule has 1 fully saturated rings. The van der Waals surface area contributed by atoms with E-state index in [-0.39, 0.29) is 5.75 Å². The summed E-state index contributed by atoms with van der Waals surface area (Å²) in [5, 5.41) is 0. The molecule has 1 aromatic rings. The maximum Gasteiger partial charge on any atom is 0.400 e. The van der Waals surface area contributed by atoms with Crippen LogP contribution in [0.2, 0.25) is 0 Å². The van der Waals surface area contributed by atoms with Crippen LogP contribution in [0.5, 0.6) is 5.75 Å². The summed E-state index contributed by atoms with van der Waals surface area (Å²) in [5.41, 5.74) is 1.84. The van der Waals surface area contributed by atoms with Gasteiger partial charge < -0.3 is 4.74 Å². The molecule has 0 atom stereocenters. The van der Waals surface area contributed by atoms with Crippen LogP contribution in [0.25, 0.3) is 5.57 Å². The van der Waals surface area contributed by atoms with Crippen molar-refractivity contribution in [1.29, 1.82) is 0 Å². The molecule has 0 radical (unpaired) electrons. The van der Waals surface area contributed by atoms with Crippen LogP contribution in [0.15, 0.2) is 30.8 Å². The first-order chi connectivity index (χ1) is 9.38. The smallest absolute Gasteiger partial charge is 0.400 e. The topological polar surface area (TPSA) is 9.23 Å². The third-order valence-corrected chi connectivity index (χ3v) is 4.09. The van der Waals surface area contributed by atoms with Crippen LogP contribution in [0, 0.1) is 11.8 Å². The molecule has 0 aliphatic heterocycles. The fraction of sp³-hybridized carbons (Fsp3) is 0.529. The van der Waals surface area contributed by atoms with Crippen LogP contribution >= 0.6 is 0 Å². The largest absolute Gasteiger partial charge is 0.432 e. The number of benzene rings is 1. The van der Waals surface area contributed by atoms with Crippen molar-refractivity contribution in [2.45, 2.75) is 45.6 Å². The van der Waals surface area contributed by atoms with Gasteiger partial charge in [0.15, 0.2) is 0 Å². The molecule has 0 saturated heterocycles. The van der Waals surface area contributed by atoms with Gasteiger partial charge in [-0.15, -0.1) is 0 Å². The van der Waals surface area contributed by atoms with Crippen molar-refractivity contribution >= 4 is 5.57 Å². The lowest BCUT2D eigenvalue weighted by atomic mass is 9.82. The molecule has 0 amide bonds. The Morgan fingerprint density at radius 1 is 1.15 bits per heavy atom. The third kappa shape index (κ3) is 3.59. The Balaban J connectivity index is 2.02. The Morgan fingerprint density at radius 2 is 1.70 bits per heavy atom. The fourth-order valence-corrected chi connectivity index (χ4v) is 2.64. The maximum absolute atomic E-state index is 14.1. The molecule has 1 aliphatic rings. The quantitative estimate of drug-likeness (QED) is 0.705. The van der Waals surface area contributed by atoms with Crippen molar-refractivity contribution in [3.05, 3.63) is 36.4 Å². The Kier molecular flexibility index (Phi) is 4.46. The molecule has 1 nitrogen and oxygen atoms in total. The highest BCUT2D eigenvalue weighted by Crippen LogP contribution is 2.39. The van der Waals surface area contributed by atoms with Gasteiger partial charge in [0.2, 0.25) is 0 Å². The molecule has 20 heavy (non-hydrogen) atoms. The summed E-state index contributed by atoms with van der Waals surface area (Å²) in [6.45, 7) is 7.82. The zero-order valence-corrected chi connectivity index (χ0v) is 12.2. The molecule has 3 heteroatoms. The van der Waals surface area contributed by atoms with Crippen LogP contribution < -0.4 is 4.74 Å². The number of alkyl halides is 2. The van der Waals surface area contributed by atoms with E-state index < -0.39 is 12.0 Å². The minimum atomic E-state index is -3.08. The average Bonchev–Trinajstić information content (AvgIpc) is 2.39. The lowest BCUT2D eigenvalue weighted by Gasteiger charge is -2.32. The molecule has 2 rings (SSSR count). The first-order valence-electron chi connectivity index (χ1n) is 7.21. The monoisotopic (exact) mass is 280 g/mol. The molecule has 0 aromatic heterocycles. The van der Waals surface area contributed by atoms with E-state index >= 15 is 0 Å². The maximum atomic E-state index is 14.1. The molecule has 0 N–H and O–H groups in total. The normalized spacial score (nSPS) is 23.4. The van der Waals surface area contributed by atoms with Crippen LogP contribution in [0.1, 0.15) is 45.1 Å². The number of halogens is 2. The summed E-state index contributed by atoms with van der Waals surface area (Å²) >= 11 is 0. The van der Waals surface area contributed by atoms with Gasteiger partial charge in [0, 0.05) is 0 Å². The molecule has 0 heterocycles. The summed E-state index contributed by atoms with van der Waals surface area (Å²) in [5.74, 6) is 0.107. The highest BCUT2D eigenvalue weighted by atomic mass is 19.3. The van der Waals surface area contributed by atoms with Gasteiger partial charge in [-0.1, -0.05) is 44.1 Å². The van der Waals surface area contributed by atoms with E-state index in [1.165, 1.54) is 0 Å². The van der Waals surface area contributed by atoms with Crippen molar-refractivity contribution in [2.24, 2.45) is 11.8 Å². The van der Waals surface area contributed by atoms with Crippen molar-refractivity contribution < 1.29 is 13.5 Å². The second kappa shape index (κ2) is 5.94. The van der Waals surface area contributed by atoms with Gasteiger partial charge in [0.1, 0.15) is 5.75 Å². The predicted molar refractivity (Wildman–Crippen MR) is 77.8 cm³/mol. The molecule has 1 aromatic carbocycles. The zero-order valence-electron chi connectivity index (χ0n) is 12.2. The van der Waals surface area contributed by atoms with E-state index in [2.05, 4.69) is 13.5 Å². The Morgan fingerprint density at radius 3 is 2.20 bits per heavy atom. The van der Waals surface area contributed by atoms with E-state index in [1.807, 2.05) is 6.92 Å². The van der Waals surface area contributed by atoms with Gasteiger partial charge in [-0.2, -0.15) is 8.78 Å². The molecule has 0 spiro atoms. The van der Waals surface area contributed by atoms with Crippen LogP contribution in [0.3, 0.4) is 0 Å². The van der Waals surface area contributed by atoms with Gasteiger partial charge >= 0.3 is 6.11 Å². The SMILES string of the molecule is C=C(C)c1ccc(OC(F)(F)C2CCC(C)CC2)cc1. The molecule has 0 unspecified atom stereocenters. The summed E-state index contributed by atoms with van der Waals surface area (Å²) < 4.78 is 33.2. The molecule has 110 valence electrons. The molecular formula is C17H22F2O. The van der Waals surface area contributed by atoms with Crippen LogP contribution in [0.4, 0.5) is 8.78 Å². The lowest BCUT2D eigenvalue weighted by molar-refractivity contribution is -0.223. The van der Waals surface area contributed by atoms with Gasteiger partial charge in [0.05, 0.1) is 5.92 Å². The highest BCUT2D eigenvalue weighted by Gasteiger charge is 2.43. The van der Waals surface area contributed by atoms with E-state index in [0.29, 0.717) is 18.8 Å². The minimum absolute atomic E-state index is 0.221. The van der Waals surface area contributed by atoms with Crippen molar-refractivity contribution in [3.8, 4) is 5.75 Å². The summed E-state index contributed by atoms with van der Waals surface area (Å²) in [4.78, 5) is 0. The van der Waals surface area contributed by atoms with Gasteiger partial charge in [0.25, 0.3) is 0 Å². The highest BCUT2D eigenvalue weighted by molar-refractivity contribution is 5.61. The Bertz CT molecular complexity index is 456.